The van der Waals surface area contributed by atoms with E-state index in [1.165, 1.54) is 0 Å². The van der Waals surface area contributed by atoms with Crippen molar-refractivity contribution in [2.45, 2.75) is 31.8 Å². The first-order chi connectivity index (χ1) is 13.6. The number of nitrogens with zero attached hydrogens (tertiary/aromatic N) is 3. The second kappa shape index (κ2) is 10.1. The van der Waals surface area contributed by atoms with Crippen molar-refractivity contribution in [3.8, 4) is 17.1 Å². The van der Waals surface area contributed by atoms with Gasteiger partial charge >= 0.3 is 0 Å². The van der Waals surface area contributed by atoms with Gasteiger partial charge in [0, 0.05) is 30.0 Å². The van der Waals surface area contributed by atoms with Crippen LogP contribution in [0.2, 0.25) is 0 Å². The van der Waals surface area contributed by atoms with E-state index in [0.29, 0.717) is 12.3 Å². The van der Waals surface area contributed by atoms with Gasteiger partial charge in [0.25, 0.3) is 0 Å². The Labute approximate surface area is 170 Å². The van der Waals surface area contributed by atoms with Crippen LogP contribution in [0.1, 0.15) is 26.7 Å². The van der Waals surface area contributed by atoms with Crippen LogP contribution < -0.4 is 5.32 Å². The summed E-state index contributed by atoms with van der Waals surface area (Å²) in [7, 11) is 0. The minimum Gasteiger partial charge on any atom is -0.356 e. The Morgan fingerprint density at radius 3 is 2.39 bits per heavy atom. The monoisotopic (exact) mass is 394 g/mol. The van der Waals surface area contributed by atoms with Crippen molar-refractivity contribution < 1.29 is 4.79 Å². The van der Waals surface area contributed by atoms with Gasteiger partial charge in [-0.05, 0) is 24.5 Å². The van der Waals surface area contributed by atoms with Crippen LogP contribution in [-0.2, 0) is 4.79 Å². The summed E-state index contributed by atoms with van der Waals surface area (Å²) in [5.41, 5.74) is 2.06. The summed E-state index contributed by atoms with van der Waals surface area (Å²) in [5.74, 6) is 2.22. The van der Waals surface area contributed by atoms with Crippen molar-refractivity contribution in [2.75, 3.05) is 12.3 Å². The first-order valence-corrected chi connectivity index (χ1v) is 10.6. The van der Waals surface area contributed by atoms with Crippen LogP contribution in [0.5, 0.6) is 0 Å². The third-order valence-electron chi connectivity index (χ3n) is 4.17. The molecule has 3 rings (SSSR count). The lowest BCUT2D eigenvalue weighted by molar-refractivity contribution is -0.121. The van der Waals surface area contributed by atoms with E-state index < -0.39 is 0 Å². The molecule has 0 spiro atoms. The second-order valence-corrected chi connectivity index (χ2v) is 8.06. The molecule has 28 heavy (non-hydrogen) atoms. The highest BCUT2D eigenvalue weighted by Gasteiger charge is 2.15. The van der Waals surface area contributed by atoms with E-state index >= 15 is 0 Å². The Hall–Kier alpha value is -2.60. The normalized spacial score (nSPS) is 11.0. The summed E-state index contributed by atoms with van der Waals surface area (Å²) >= 11 is 1.63. The van der Waals surface area contributed by atoms with Gasteiger partial charge in [-0.2, -0.15) is 0 Å². The number of hydrogen-bond donors (Lipinski definition) is 1. The number of benzene rings is 2. The van der Waals surface area contributed by atoms with Gasteiger partial charge < -0.3 is 5.32 Å². The maximum atomic E-state index is 11.9. The van der Waals surface area contributed by atoms with Gasteiger partial charge in [-0.15, -0.1) is 10.2 Å². The van der Waals surface area contributed by atoms with Crippen LogP contribution in [-0.4, -0.2) is 33.0 Å². The highest BCUT2D eigenvalue weighted by Crippen LogP contribution is 2.28. The number of thioether (sulfide) groups is 1. The lowest BCUT2D eigenvalue weighted by Crippen LogP contribution is -2.27. The van der Waals surface area contributed by atoms with Gasteiger partial charge in [-0.1, -0.05) is 74.1 Å². The zero-order chi connectivity index (χ0) is 19.8. The summed E-state index contributed by atoms with van der Waals surface area (Å²) in [6.45, 7) is 4.92. The fourth-order valence-electron chi connectivity index (χ4n) is 2.75. The molecule has 1 heterocycles. The first kappa shape index (κ1) is 20.1. The topological polar surface area (TPSA) is 59.8 Å². The molecule has 0 bridgehead atoms. The van der Waals surface area contributed by atoms with Crippen molar-refractivity contribution in [1.29, 1.82) is 0 Å². The molecule has 0 atom stereocenters. The third-order valence-corrected chi connectivity index (χ3v) is 5.18. The van der Waals surface area contributed by atoms with E-state index in [1.807, 2.05) is 48.5 Å². The fourth-order valence-corrected chi connectivity index (χ4v) is 3.64. The van der Waals surface area contributed by atoms with Crippen LogP contribution in [0.15, 0.2) is 65.8 Å². The summed E-state index contributed by atoms with van der Waals surface area (Å²) in [4.78, 5) is 11.9. The maximum Gasteiger partial charge on any atom is 0.220 e. The van der Waals surface area contributed by atoms with Crippen LogP contribution in [0.4, 0.5) is 0 Å². The zero-order valence-electron chi connectivity index (χ0n) is 16.3. The Kier molecular flexibility index (Phi) is 7.25. The Bertz CT molecular complexity index is 878. The van der Waals surface area contributed by atoms with Gasteiger partial charge in [0.1, 0.15) is 0 Å². The van der Waals surface area contributed by atoms with E-state index in [9.17, 15) is 4.79 Å². The summed E-state index contributed by atoms with van der Waals surface area (Å²) in [6.07, 6.45) is 1.33. The maximum absolute atomic E-state index is 11.9. The number of aromatic nitrogens is 3. The van der Waals surface area contributed by atoms with Crippen LogP contribution in [0, 0.1) is 5.92 Å². The Morgan fingerprint density at radius 1 is 1.04 bits per heavy atom. The minimum atomic E-state index is 0.115. The SMILES string of the molecule is CC(C)CNC(=O)CCCSc1nnc(-c2ccccc2)n1-c1ccccc1. The molecule has 0 saturated heterocycles. The first-order valence-electron chi connectivity index (χ1n) is 9.61. The number of rotatable bonds is 9. The zero-order valence-corrected chi connectivity index (χ0v) is 17.2. The number of carbonyl (C=O) groups is 1. The number of amides is 1. The van der Waals surface area contributed by atoms with E-state index in [0.717, 1.165) is 41.0 Å². The van der Waals surface area contributed by atoms with E-state index in [2.05, 4.69) is 46.1 Å². The molecular weight excluding hydrogens is 368 g/mol. The summed E-state index contributed by atoms with van der Waals surface area (Å²) in [6, 6.07) is 20.2. The molecule has 1 N–H and O–H groups in total. The Balaban J connectivity index is 1.70. The van der Waals surface area contributed by atoms with Crippen LogP contribution in [0.3, 0.4) is 0 Å². The molecule has 5 nitrogen and oxygen atoms in total. The van der Waals surface area contributed by atoms with Crippen molar-refractivity contribution in [3.05, 3.63) is 60.7 Å². The lowest BCUT2D eigenvalue weighted by atomic mass is 10.2. The van der Waals surface area contributed by atoms with Gasteiger partial charge in [0.05, 0.1) is 0 Å². The molecule has 0 aliphatic rings. The standard InChI is InChI=1S/C22H26N4OS/c1-17(2)16-23-20(27)14-9-15-28-22-25-24-21(18-10-5-3-6-11-18)26(22)19-12-7-4-8-13-19/h3-8,10-13,17H,9,14-16H2,1-2H3,(H,23,27). The van der Waals surface area contributed by atoms with Gasteiger partial charge in [0.2, 0.25) is 5.91 Å². The predicted molar refractivity (Wildman–Crippen MR) is 115 cm³/mol. The van der Waals surface area contributed by atoms with E-state index in [1.54, 1.807) is 11.8 Å². The van der Waals surface area contributed by atoms with E-state index in [-0.39, 0.29) is 5.91 Å². The van der Waals surface area contributed by atoms with E-state index in [4.69, 9.17) is 0 Å². The van der Waals surface area contributed by atoms with Crippen LogP contribution in [0.25, 0.3) is 17.1 Å². The van der Waals surface area contributed by atoms with Gasteiger partial charge in [0.15, 0.2) is 11.0 Å². The molecule has 0 saturated carbocycles. The minimum absolute atomic E-state index is 0.115. The molecular formula is C22H26N4OS. The number of para-hydroxylation sites is 1. The Morgan fingerprint density at radius 2 is 1.71 bits per heavy atom. The number of carbonyl (C=O) groups excluding carboxylic acids is 1. The van der Waals surface area contributed by atoms with Crippen molar-refractivity contribution in [1.82, 2.24) is 20.1 Å². The van der Waals surface area contributed by atoms with Crippen molar-refractivity contribution in [2.24, 2.45) is 5.92 Å². The van der Waals surface area contributed by atoms with Gasteiger partial charge in [-0.25, -0.2) is 0 Å². The average molecular weight is 395 g/mol. The molecule has 0 aliphatic carbocycles. The smallest absolute Gasteiger partial charge is 0.220 e. The third kappa shape index (κ3) is 5.45. The highest BCUT2D eigenvalue weighted by molar-refractivity contribution is 7.99. The quantitative estimate of drug-likeness (QED) is 0.426. The molecule has 1 amide bonds. The molecule has 1 aromatic heterocycles. The average Bonchev–Trinajstić information content (AvgIpc) is 3.15. The summed E-state index contributed by atoms with van der Waals surface area (Å²) < 4.78 is 2.08. The molecule has 3 aromatic rings. The summed E-state index contributed by atoms with van der Waals surface area (Å²) in [5, 5.41) is 12.7. The lowest BCUT2D eigenvalue weighted by Gasteiger charge is -2.10. The second-order valence-electron chi connectivity index (χ2n) is 6.99. The van der Waals surface area contributed by atoms with Gasteiger partial charge in [-0.3, -0.25) is 9.36 Å². The molecule has 0 aliphatic heterocycles. The van der Waals surface area contributed by atoms with Crippen molar-refractivity contribution in [3.63, 3.8) is 0 Å². The highest BCUT2D eigenvalue weighted by atomic mass is 32.2. The number of nitrogens with one attached hydrogen (secondary N) is 1. The molecule has 2 aromatic carbocycles. The molecule has 0 fully saturated rings. The molecule has 146 valence electrons. The number of hydrogen-bond acceptors (Lipinski definition) is 4. The predicted octanol–water partition coefficient (Wildman–Crippen LogP) is 4.58. The van der Waals surface area contributed by atoms with Crippen LogP contribution >= 0.6 is 11.8 Å². The molecule has 0 unspecified atom stereocenters. The fraction of sp³-hybridized carbons (Fsp3) is 0.318. The molecule has 0 radical (unpaired) electrons. The molecule has 6 heteroatoms. The van der Waals surface area contributed by atoms with Crippen molar-refractivity contribution >= 4 is 17.7 Å². The largest absolute Gasteiger partial charge is 0.356 e.